The van der Waals surface area contributed by atoms with Gasteiger partial charge in [-0.05, 0) is 24.1 Å². The predicted molar refractivity (Wildman–Crippen MR) is 86.4 cm³/mol. The largest absolute Gasteiger partial charge is 0.469 e. The second kappa shape index (κ2) is 7.96. The first-order valence-electron chi connectivity index (χ1n) is 7.15. The Morgan fingerprint density at radius 1 is 1.19 bits per heavy atom. The first kappa shape index (κ1) is 15.7. The molecule has 0 aliphatic carbocycles. The molecule has 1 aromatic carbocycles. The van der Waals surface area contributed by atoms with Gasteiger partial charge in [-0.3, -0.25) is 4.79 Å². The molecule has 1 unspecified atom stereocenters. The topological polar surface area (TPSA) is 38.3 Å². The fourth-order valence-corrected chi connectivity index (χ4v) is 3.19. The van der Waals surface area contributed by atoms with Crippen LogP contribution in [-0.4, -0.2) is 13.1 Å². The average Bonchev–Trinajstić information content (AvgIpc) is 2.96. The molecule has 0 radical (unpaired) electrons. The Labute approximate surface area is 130 Å². The van der Waals surface area contributed by atoms with E-state index in [1.807, 2.05) is 12.1 Å². The molecule has 1 heterocycles. The molecule has 0 fully saturated rings. The van der Waals surface area contributed by atoms with Crippen LogP contribution in [0.5, 0.6) is 0 Å². The molecule has 0 aliphatic heterocycles. The van der Waals surface area contributed by atoms with E-state index in [0.717, 1.165) is 17.8 Å². The lowest BCUT2D eigenvalue weighted by atomic mass is 10.0. The minimum Gasteiger partial charge on any atom is -0.469 e. The van der Waals surface area contributed by atoms with E-state index in [2.05, 4.69) is 47.3 Å². The average molecular weight is 303 g/mol. The van der Waals surface area contributed by atoms with Crippen LogP contribution < -0.4 is 5.32 Å². The van der Waals surface area contributed by atoms with Gasteiger partial charge in [-0.25, -0.2) is 0 Å². The zero-order chi connectivity index (χ0) is 15.1. The van der Waals surface area contributed by atoms with Gasteiger partial charge in [0.15, 0.2) is 0 Å². The molecule has 3 nitrogen and oxygen atoms in total. The fraction of sp³-hybridized carbons (Fsp3) is 0.353. The first-order valence-corrected chi connectivity index (χ1v) is 7.97. The number of thiophene rings is 1. The van der Waals surface area contributed by atoms with Gasteiger partial charge in [0.2, 0.25) is 0 Å². The van der Waals surface area contributed by atoms with Gasteiger partial charge in [0, 0.05) is 22.3 Å². The van der Waals surface area contributed by atoms with Crippen molar-refractivity contribution in [2.75, 3.05) is 7.11 Å². The van der Waals surface area contributed by atoms with Crippen LogP contribution in [0.1, 0.15) is 34.7 Å². The molecule has 0 saturated carbocycles. The lowest BCUT2D eigenvalue weighted by Gasteiger charge is -2.16. The lowest BCUT2D eigenvalue weighted by Crippen LogP contribution is -2.19. The molecule has 21 heavy (non-hydrogen) atoms. The number of rotatable bonds is 7. The highest BCUT2D eigenvalue weighted by Crippen LogP contribution is 2.20. The summed E-state index contributed by atoms with van der Waals surface area (Å²) in [5.41, 5.74) is 1.31. The molecule has 0 bridgehead atoms. The van der Waals surface area contributed by atoms with Crippen molar-refractivity contribution >= 4 is 17.3 Å². The van der Waals surface area contributed by atoms with Gasteiger partial charge >= 0.3 is 5.97 Å². The van der Waals surface area contributed by atoms with Crippen molar-refractivity contribution in [3.05, 3.63) is 57.8 Å². The number of methoxy groups -OCH3 is 1. The standard InChI is InChI=1S/C17H21NO2S/c1-3-16(13-7-5-4-6-8-13)18-12-15-10-9-14(21-15)11-17(19)20-2/h4-10,16,18H,3,11-12H2,1-2H3. The van der Waals surface area contributed by atoms with Crippen molar-refractivity contribution < 1.29 is 9.53 Å². The van der Waals surface area contributed by atoms with Crippen LogP contribution in [-0.2, 0) is 22.5 Å². The molecular formula is C17H21NO2S. The first-order chi connectivity index (χ1) is 10.2. The van der Waals surface area contributed by atoms with Crippen LogP contribution in [0.25, 0.3) is 0 Å². The quantitative estimate of drug-likeness (QED) is 0.793. The summed E-state index contributed by atoms with van der Waals surface area (Å²) in [5, 5.41) is 3.58. The van der Waals surface area contributed by atoms with E-state index in [0.29, 0.717) is 12.5 Å². The van der Waals surface area contributed by atoms with Crippen molar-refractivity contribution in [2.24, 2.45) is 0 Å². The van der Waals surface area contributed by atoms with Crippen LogP contribution in [0.2, 0.25) is 0 Å². The third-order valence-electron chi connectivity index (χ3n) is 3.40. The van der Waals surface area contributed by atoms with Crippen molar-refractivity contribution in [2.45, 2.75) is 32.4 Å². The summed E-state index contributed by atoms with van der Waals surface area (Å²) < 4.78 is 4.69. The van der Waals surface area contributed by atoms with E-state index >= 15 is 0 Å². The second-order valence-electron chi connectivity index (χ2n) is 4.87. The van der Waals surface area contributed by atoms with E-state index in [1.165, 1.54) is 17.6 Å². The van der Waals surface area contributed by atoms with Gasteiger partial charge in [-0.15, -0.1) is 11.3 Å². The number of nitrogens with one attached hydrogen (secondary N) is 1. The van der Waals surface area contributed by atoms with Gasteiger partial charge in [0.1, 0.15) is 0 Å². The van der Waals surface area contributed by atoms with Gasteiger partial charge < -0.3 is 10.1 Å². The van der Waals surface area contributed by atoms with E-state index in [4.69, 9.17) is 0 Å². The summed E-state index contributed by atoms with van der Waals surface area (Å²) in [6, 6.07) is 14.9. The summed E-state index contributed by atoms with van der Waals surface area (Å²) in [7, 11) is 1.42. The highest BCUT2D eigenvalue weighted by Gasteiger charge is 2.10. The minimum absolute atomic E-state index is 0.188. The molecule has 112 valence electrons. The van der Waals surface area contributed by atoms with Crippen LogP contribution in [0.4, 0.5) is 0 Å². The lowest BCUT2D eigenvalue weighted by molar-refractivity contribution is -0.139. The number of ether oxygens (including phenoxy) is 1. The Morgan fingerprint density at radius 2 is 1.90 bits per heavy atom. The number of hydrogen-bond donors (Lipinski definition) is 1. The molecule has 1 aromatic heterocycles. The van der Waals surface area contributed by atoms with Crippen molar-refractivity contribution in [1.82, 2.24) is 5.32 Å². The summed E-state index contributed by atoms with van der Waals surface area (Å²) in [6.45, 7) is 3.00. The molecule has 4 heteroatoms. The Balaban J connectivity index is 1.91. The molecular weight excluding hydrogens is 282 g/mol. The molecule has 1 atom stereocenters. The minimum atomic E-state index is -0.188. The maximum atomic E-state index is 11.3. The fourth-order valence-electron chi connectivity index (χ4n) is 2.23. The molecule has 2 rings (SSSR count). The summed E-state index contributed by atoms with van der Waals surface area (Å²) in [5.74, 6) is -0.188. The Bertz CT molecular complexity index is 565. The Hall–Kier alpha value is -1.65. The third kappa shape index (κ3) is 4.69. The Kier molecular flexibility index (Phi) is 5.96. The number of esters is 1. The smallest absolute Gasteiger partial charge is 0.310 e. The van der Waals surface area contributed by atoms with Gasteiger partial charge in [-0.2, -0.15) is 0 Å². The highest BCUT2D eigenvalue weighted by atomic mass is 32.1. The van der Waals surface area contributed by atoms with Gasteiger partial charge in [0.25, 0.3) is 0 Å². The number of benzene rings is 1. The summed E-state index contributed by atoms with van der Waals surface area (Å²) in [6.07, 6.45) is 1.40. The molecule has 0 aliphatic rings. The van der Waals surface area contributed by atoms with Gasteiger partial charge in [-0.1, -0.05) is 37.3 Å². The van der Waals surface area contributed by atoms with E-state index < -0.39 is 0 Å². The molecule has 0 saturated heterocycles. The zero-order valence-electron chi connectivity index (χ0n) is 12.5. The van der Waals surface area contributed by atoms with Crippen molar-refractivity contribution in [1.29, 1.82) is 0 Å². The van der Waals surface area contributed by atoms with E-state index in [9.17, 15) is 4.79 Å². The molecule has 2 aromatic rings. The highest BCUT2D eigenvalue weighted by molar-refractivity contribution is 7.12. The zero-order valence-corrected chi connectivity index (χ0v) is 13.3. The second-order valence-corrected chi connectivity index (χ2v) is 6.13. The van der Waals surface area contributed by atoms with Crippen LogP contribution in [0.3, 0.4) is 0 Å². The molecule has 0 amide bonds. The van der Waals surface area contributed by atoms with Crippen LogP contribution in [0, 0.1) is 0 Å². The van der Waals surface area contributed by atoms with E-state index in [-0.39, 0.29) is 5.97 Å². The predicted octanol–water partition coefficient (Wildman–Crippen LogP) is 3.70. The molecule has 0 spiro atoms. The van der Waals surface area contributed by atoms with Crippen molar-refractivity contribution in [3.63, 3.8) is 0 Å². The SMILES string of the molecule is CCC(NCc1ccc(CC(=O)OC)s1)c1ccccc1. The molecule has 1 N–H and O–H groups in total. The number of carbonyl (C=O) groups excluding carboxylic acids is 1. The van der Waals surface area contributed by atoms with E-state index in [1.54, 1.807) is 11.3 Å². The van der Waals surface area contributed by atoms with Crippen molar-refractivity contribution in [3.8, 4) is 0 Å². The maximum absolute atomic E-state index is 11.3. The maximum Gasteiger partial charge on any atom is 0.310 e. The van der Waals surface area contributed by atoms with Crippen LogP contribution >= 0.6 is 11.3 Å². The summed E-state index contributed by atoms with van der Waals surface area (Å²) in [4.78, 5) is 13.5. The third-order valence-corrected chi connectivity index (χ3v) is 4.48. The Morgan fingerprint density at radius 3 is 2.57 bits per heavy atom. The number of carbonyl (C=O) groups is 1. The summed E-state index contributed by atoms with van der Waals surface area (Å²) >= 11 is 1.66. The van der Waals surface area contributed by atoms with Gasteiger partial charge in [0.05, 0.1) is 13.5 Å². The number of hydrogen-bond acceptors (Lipinski definition) is 4. The normalized spacial score (nSPS) is 12.1. The van der Waals surface area contributed by atoms with Crippen LogP contribution in [0.15, 0.2) is 42.5 Å². The monoisotopic (exact) mass is 303 g/mol.